The molecule has 0 N–H and O–H groups in total. The first kappa shape index (κ1) is 32.3. The summed E-state index contributed by atoms with van der Waals surface area (Å²) in [6, 6.07) is 5.35. The monoisotopic (exact) mass is 620 g/mol. The highest BCUT2D eigenvalue weighted by Gasteiger charge is 2.56. The lowest BCUT2D eigenvalue weighted by Gasteiger charge is -2.43. The summed E-state index contributed by atoms with van der Waals surface area (Å²) in [7, 11) is 0. The Morgan fingerprint density at radius 3 is 2.19 bits per heavy atom. The van der Waals surface area contributed by atoms with E-state index in [1.54, 1.807) is 0 Å². The number of alkyl halides is 3. The molecule has 0 bridgehead atoms. The summed E-state index contributed by atoms with van der Waals surface area (Å²) in [6.07, 6.45) is 0.462. The second-order valence-electron chi connectivity index (χ2n) is 14.4. The number of ether oxygens (including phenoxy) is 2. The Bertz CT molecular complexity index is 1370. The molecule has 43 heavy (non-hydrogen) atoms. The minimum atomic E-state index is -4.42. The van der Waals surface area contributed by atoms with E-state index in [-0.39, 0.29) is 22.7 Å². The zero-order chi connectivity index (χ0) is 31.7. The number of hydrogen-bond donors (Lipinski definition) is 0. The maximum atomic E-state index is 13.5. The molecule has 0 amide bonds. The molecule has 5 rings (SSSR count). The number of carbonyl (C=O) groups excluding carboxylic acids is 1. The first-order valence-corrected chi connectivity index (χ1v) is 16.8. The largest absolute Gasteiger partial charge is 0.455 e. The SMILES string of the molecule is CC(=O)O[C@H]1c2nc(C(C)C)c3c(c2[C@@H](O[S+](C)C(C)(C)C)CC1(C)C)C1(CCCC1)O[C@@H]3c1ccc(C(F)(F)F)cc1. The Balaban J connectivity index is 1.80. The molecule has 4 atom stereocenters. The van der Waals surface area contributed by atoms with Crippen molar-refractivity contribution < 1.29 is 31.6 Å². The second-order valence-corrected chi connectivity index (χ2v) is 16.7. The highest BCUT2D eigenvalue weighted by atomic mass is 32.2. The maximum Gasteiger partial charge on any atom is 0.416 e. The van der Waals surface area contributed by atoms with Crippen molar-refractivity contribution in [3.63, 3.8) is 0 Å². The van der Waals surface area contributed by atoms with Crippen LogP contribution in [0.5, 0.6) is 0 Å². The molecular formula is C34H45F3NO4S+. The van der Waals surface area contributed by atoms with E-state index in [0.717, 1.165) is 65.9 Å². The molecule has 0 saturated heterocycles. The van der Waals surface area contributed by atoms with Crippen molar-refractivity contribution in [3.05, 3.63) is 63.5 Å². The van der Waals surface area contributed by atoms with E-state index in [2.05, 4.69) is 54.7 Å². The summed E-state index contributed by atoms with van der Waals surface area (Å²) < 4.78 is 60.4. The van der Waals surface area contributed by atoms with E-state index >= 15 is 0 Å². The molecule has 2 heterocycles. The van der Waals surface area contributed by atoms with Crippen molar-refractivity contribution in [2.24, 2.45) is 5.41 Å². The summed E-state index contributed by atoms with van der Waals surface area (Å²) in [4.78, 5) is 17.8. The molecule has 5 nitrogen and oxygen atoms in total. The smallest absolute Gasteiger partial charge is 0.416 e. The molecule has 1 fully saturated rings. The van der Waals surface area contributed by atoms with Gasteiger partial charge < -0.3 is 9.47 Å². The van der Waals surface area contributed by atoms with Crippen LogP contribution < -0.4 is 0 Å². The van der Waals surface area contributed by atoms with Crippen LogP contribution in [0.2, 0.25) is 0 Å². The summed E-state index contributed by atoms with van der Waals surface area (Å²) in [6.45, 7) is 16.3. The third-order valence-electron chi connectivity index (χ3n) is 9.29. The van der Waals surface area contributed by atoms with Gasteiger partial charge in [-0.05, 0) is 69.2 Å². The number of esters is 1. The fraction of sp³-hybridized carbons (Fsp3) is 0.647. The van der Waals surface area contributed by atoms with Crippen LogP contribution >= 0.6 is 0 Å². The first-order chi connectivity index (χ1) is 19.9. The van der Waals surface area contributed by atoms with Gasteiger partial charge in [0.05, 0.1) is 16.9 Å². The molecule has 2 aromatic rings. The van der Waals surface area contributed by atoms with Gasteiger partial charge in [-0.1, -0.05) is 52.7 Å². The van der Waals surface area contributed by atoms with Crippen LogP contribution in [-0.4, -0.2) is 22.0 Å². The van der Waals surface area contributed by atoms with E-state index < -0.39 is 46.1 Å². The zero-order valence-electron chi connectivity index (χ0n) is 26.8. The normalized spacial score (nSPS) is 25.1. The van der Waals surface area contributed by atoms with E-state index in [1.165, 1.54) is 19.1 Å². The van der Waals surface area contributed by atoms with Crippen molar-refractivity contribution in [2.45, 2.75) is 128 Å². The number of carbonyl (C=O) groups is 1. The fourth-order valence-electron chi connectivity index (χ4n) is 6.95. The summed E-state index contributed by atoms with van der Waals surface area (Å²) in [5.41, 5.74) is 3.45. The van der Waals surface area contributed by atoms with Crippen molar-refractivity contribution >= 4 is 17.1 Å². The zero-order valence-corrected chi connectivity index (χ0v) is 27.6. The van der Waals surface area contributed by atoms with Crippen LogP contribution in [-0.2, 0) is 41.4 Å². The van der Waals surface area contributed by atoms with Gasteiger partial charge in [-0.25, -0.2) is 0 Å². The van der Waals surface area contributed by atoms with Crippen LogP contribution in [0.4, 0.5) is 13.2 Å². The van der Waals surface area contributed by atoms with E-state index in [9.17, 15) is 18.0 Å². The quantitative estimate of drug-likeness (QED) is 0.246. The van der Waals surface area contributed by atoms with Gasteiger partial charge in [-0.3, -0.25) is 9.78 Å². The molecular weight excluding hydrogens is 575 g/mol. The van der Waals surface area contributed by atoms with Crippen molar-refractivity contribution in [1.82, 2.24) is 4.98 Å². The average molecular weight is 621 g/mol. The standard InChI is InChI=1S/C34H45F3NO4S/c1-19(2)27-25-26(33(16-10-11-17-33)41-29(25)21-12-14-22(15-13-21)34(35,36)37)24-23(42-43(9)31(4,5)6)18-32(7,8)30(28(24)38-27)40-20(3)39/h12-15,19,23,29-30H,10-11,16-18H2,1-9H3/q+1/t23-,29+,30-,43?/m0/s1. The van der Waals surface area contributed by atoms with Crippen molar-refractivity contribution in [2.75, 3.05) is 6.26 Å². The predicted molar refractivity (Wildman–Crippen MR) is 163 cm³/mol. The summed E-state index contributed by atoms with van der Waals surface area (Å²) in [5, 5.41) is 0. The van der Waals surface area contributed by atoms with Gasteiger partial charge in [0.25, 0.3) is 0 Å². The highest BCUT2D eigenvalue weighted by molar-refractivity contribution is 7.93. The van der Waals surface area contributed by atoms with E-state index in [4.69, 9.17) is 18.6 Å². The molecule has 1 spiro atoms. The van der Waals surface area contributed by atoms with Crippen molar-refractivity contribution in [3.8, 4) is 0 Å². The molecule has 3 aliphatic rings. The topological polar surface area (TPSA) is 57.7 Å². The van der Waals surface area contributed by atoms with Crippen LogP contribution in [0.3, 0.4) is 0 Å². The number of halogens is 3. The molecule has 1 aromatic heterocycles. The molecule has 0 radical (unpaired) electrons. The lowest BCUT2D eigenvalue weighted by atomic mass is 9.68. The van der Waals surface area contributed by atoms with Crippen LogP contribution in [0.25, 0.3) is 0 Å². The number of pyridine rings is 1. The molecule has 1 unspecified atom stereocenters. The molecule has 2 aliphatic carbocycles. The Labute approximate surface area is 256 Å². The third kappa shape index (κ3) is 5.86. The minimum Gasteiger partial charge on any atom is -0.455 e. The average Bonchev–Trinajstić information content (AvgIpc) is 3.49. The Morgan fingerprint density at radius 2 is 1.67 bits per heavy atom. The van der Waals surface area contributed by atoms with Gasteiger partial charge in [-0.15, -0.1) is 0 Å². The summed E-state index contributed by atoms with van der Waals surface area (Å²) in [5.74, 6) is -0.370. The van der Waals surface area contributed by atoms with Gasteiger partial charge in [0.1, 0.15) is 35.7 Å². The number of fused-ring (bicyclic) bond motifs is 4. The number of nitrogens with zero attached hydrogens (tertiary/aromatic N) is 1. The minimum absolute atomic E-state index is 0.00564. The second kappa shape index (κ2) is 11.1. The lowest BCUT2D eigenvalue weighted by Crippen LogP contribution is -2.40. The predicted octanol–water partition coefficient (Wildman–Crippen LogP) is 9.17. The van der Waals surface area contributed by atoms with Gasteiger partial charge in [-0.2, -0.15) is 17.4 Å². The number of hydrogen-bond acceptors (Lipinski definition) is 5. The van der Waals surface area contributed by atoms with Gasteiger partial charge >= 0.3 is 12.1 Å². The lowest BCUT2D eigenvalue weighted by molar-refractivity contribution is -0.156. The fourth-order valence-corrected chi connectivity index (χ4v) is 7.75. The maximum absolute atomic E-state index is 13.5. The van der Waals surface area contributed by atoms with Gasteiger partial charge in [0.2, 0.25) is 0 Å². The molecule has 1 aliphatic heterocycles. The molecule has 1 aromatic carbocycles. The van der Waals surface area contributed by atoms with Crippen LogP contribution in [0.15, 0.2) is 24.3 Å². The number of aromatic nitrogens is 1. The van der Waals surface area contributed by atoms with Crippen LogP contribution in [0.1, 0.15) is 151 Å². The first-order valence-electron chi connectivity index (χ1n) is 15.3. The van der Waals surface area contributed by atoms with Gasteiger partial charge in [0.15, 0.2) is 4.75 Å². The highest BCUT2D eigenvalue weighted by Crippen LogP contribution is 2.62. The molecule has 1 saturated carbocycles. The van der Waals surface area contributed by atoms with Crippen LogP contribution in [0, 0.1) is 5.41 Å². The Hall–Kier alpha value is -2.10. The number of benzene rings is 1. The number of rotatable bonds is 5. The van der Waals surface area contributed by atoms with Crippen molar-refractivity contribution in [1.29, 1.82) is 0 Å². The Kier molecular flexibility index (Phi) is 8.30. The van der Waals surface area contributed by atoms with E-state index in [1.807, 2.05) is 0 Å². The summed E-state index contributed by atoms with van der Waals surface area (Å²) >= 11 is -0.410. The Morgan fingerprint density at radius 1 is 1.07 bits per heavy atom. The third-order valence-corrected chi connectivity index (χ3v) is 11.5. The molecule has 9 heteroatoms. The van der Waals surface area contributed by atoms with E-state index in [0.29, 0.717) is 12.0 Å². The van der Waals surface area contributed by atoms with Gasteiger partial charge in [0, 0.05) is 29.2 Å². The molecule has 236 valence electrons.